The van der Waals surface area contributed by atoms with Crippen LogP contribution in [0.5, 0.6) is 0 Å². The van der Waals surface area contributed by atoms with Crippen molar-refractivity contribution in [3.63, 3.8) is 0 Å². The van der Waals surface area contributed by atoms with Crippen molar-refractivity contribution < 1.29 is 29.4 Å². The lowest BCUT2D eigenvalue weighted by Gasteiger charge is -2.61. The van der Waals surface area contributed by atoms with Crippen LogP contribution in [-0.4, -0.2) is 46.3 Å². The summed E-state index contributed by atoms with van der Waals surface area (Å²) in [5, 5.41) is 22.4. The van der Waals surface area contributed by atoms with Crippen LogP contribution in [0.1, 0.15) is 78.6 Å². The van der Waals surface area contributed by atoms with E-state index >= 15 is 0 Å². The molecule has 3 N–H and O–H groups in total. The Kier molecular flexibility index (Phi) is 6.49. The fourth-order valence-electron chi connectivity index (χ4n) is 8.50. The number of ketones is 2. The van der Waals surface area contributed by atoms with Crippen molar-refractivity contribution >= 4 is 23.4 Å². The van der Waals surface area contributed by atoms with Gasteiger partial charge in [-0.15, -0.1) is 0 Å². The fraction of sp³-hybridized carbons (Fsp3) is 0.846. The molecule has 33 heavy (non-hydrogen) atoms. The van der Waals surface area contributed by atoms with E-state index in [4.69, 9.17) is 5.11 Å². The van der Waals surface area contributed by atoms with Gasteiger partial charge in [-0.05, 0) is 73.0 Å². The number of aliphatic hydroxyl groups excluding tert-OH is 1. The van der Waals surface area contributed by atoms with E-state index in [9.17, 15) is 24.3 Å². The van der Waals surface area contributed by atoms with Crippen LogP contribution in [0, 0.1) is 46.3 Å². The lowest BCUT2D eigenvalue weighted by Crippen LogP contribution is -2.61. The number of rotatable bonds is 6. The second-order valence-corrected chi connectivity index (χ2v) is 11.8. The second kappa shape index (κ2) is 8.79. The molecule has 0 bridgehead atoms. The van der Waals surface area contributed by atoms with E-state index in [1.807, 2.05) is 0 Å². The van der Waals surface area contributed by atoms with Gasteiger partial charge < -0.3 is 15.5 Å². The molecule has 4 aliphatic rings. The van der Waals surface area contributed by atoms with Crippen LogP contribution < -0.4 is 5.32 Å². The predicted molar refractivity (Wildman–Crippen MR) is 121 cm³/mol. The molecule has 0 spiro atoms. The average molecular weight is 462 g/mol. The average Bonchev–Trinajstić information content (AvgIpc) is 3.11. The second-order valence-electron chi connectivity index (χ2n) is 11.8. The molecule has 0 aliphatic heterocycles. The normalized spacial score (nSPS) is 43.3. The molecule has 0 saturated heterocycles. The van der Waals surface area contributed by atoms with Crippen molar-refractivity contribution in [1.82, 2.24) is 5.32 Å². The Morgan fingerprint density at radius 1 is 1.15 bits per heavy atom. The van der Waals surface area contributed by atoms with E-state index in [1.54, 1.807) is 0 Å². The molecule has 184 valence electrons. The Bertz CT molecular complexity index is 841. The van der Waals surface area contributed by atoms with Crippen LogP contribution in [0.4, 0.5) is 0 Å². The number of carbonyl (C=O) groups is 4. The Balaban J connectivity index is 1.50. The van der Waals surface area contributed by atoms with Crippen molar-refractivity contribution in [1.29, 1.82) is 0 Å². The first-order chi connectivity index (χ1) is 15.5. The first-order valence-electron chi connectivity index (χ1n) is 12.7. The smallest absolute Gasteiger partial charge is 0.322 e. The molecular formula is C26H39NO6. The van der Waals surface area contributed by atoms with Crippen molar-refractivity contribution in [2.24, 2.45) is 46.3 Å². The van der Waals surface area contributed by atoms with E-state index < -0.39 is 17.5 Å². The first kappa shape index (κ1) is 24.4. The Morgan fingerprint density at radius 2 is 1.88 bits per heavy atom. The van der Waals surface area contributed by atoms with Crippen molar-refractivity contribution in [2.45, 2.75) is 84.7 Å². The Morgan fingerprint density at radius 3 is 2.58 bits per heavy atom. The van der Waals surface area contributed by atoms with Crippen LogP contribution in [0.15, 0.2) is 0 Å². The number of carboxylic acids is 1. The molecule has 4 rings (SSSR count). The minimum absolute atomic E-state index is 0.0548. The quantitative estimate of drug-likeness (QED) is 0.559. The number of amides is 1. The van der Waals surface area contributed by atoms with Gasteiger partial charge >= 0.3 is 5.97 Å². The van der Waals surface area contributed by atoms with Crippen LogP contribution in [0.2, 0.25) is 0 Å². The summed E-state index contributed by atoms with van der Waals surface area (Å²) in [5.74, 6) is 0.124. The Hall–Kier alpha value is -1.76. The van der Waals surface area contributed by atoms with Gasteiger partial charge in [0.05, 0.1) is 6.10 Å². The summed E-state index contributed by atoms with van der Waals surface area (Å²) in [6, 6.07) is 0. The highest BCUT2D eigenvalue weighted by atomic mass is 16.4. The summed E-state index contributed by atoms with van der Waals surface area (Å²) in [4.78, 5) is 48.6. The van der Waals surface area contributed by atoms with E-state index in [2.05, 4.69) is 26.1 Å². The number of hydrogen-bond donors (Lipinski definition) is 3. The summed E-state index contributed by atoms with van der Waals surface area (Å²) >= 11 is 0. The molecule has 9 atom stereocenters. The molecule has 4 aliphatic carbocycles. The molecule has 0 aromatic rings. The highest BCUT2D eigenvalue weighted by molar-refractivity contribution is 5.87. The lowest BCUT2D eigenvalue weighted by atomic mass is 9.43. The van der Waals surface area contributed by atoms with Crippen LogP contribution >= 0.6 is 0 Å². The minimum atomic E-state index is -1.06. The lowest BCUT2D eigenvalue weighted by molar-refractivity contribution is -0.177. The molecular weight excluding hydrogens is 422 g/mol. The topological polar surface area (TPSA) is 121 Å². The molecule has 0 radical (unpaired) electrons. The van der Waals surface area contributed by atoms with Gasteiger partial charge in [-0.1, -0.05) is 20.8 Å². The molecule has 0 aromatic heterocycles. The zero-order valence-corrected chi connectivity index (χ0v) is 20.1. The van der Waals surface area contributed by atoms with E-state index in [0.717, 1.165) is 19.3 Å². The molecule has 7 heteroatoms. The van der Waals surface area contributed by atoms with Crippen LogP contribution in [0.3, 0.4) is 0 Å². The summed E-state index contributed by atoms with van der Waals surface area (Å²) in [7, 11) is 0. The number of carbonyl (C=O) groups excluding carboxylic acids is 3. The van der Waals surface area contributed by atoms with Gasteiger partial charge in [-0.3, -0.25) is 19.2 Å². The maximum atomic E-state index is 13.8. The number of aliphatic carboxylic acids is 1. The molecule has 0 heterocycles. The monoisotopic (exact) mass is 461 g/mol. The predicted octanol–water partition coefficient (Wildman–Crippen LogP) is 2.98. The maximum Gasteiger partial charge on any atom is 0.322 e. The number of hydrogen-bond acceptors (Lipinski definition) is 5. The van der Waals surface area contributed by atoms with Gasteiger partial charge in [-0.25, -0.2) is 0 Å². The van der Waals surface area contributed by atoms with Crippen molar-refractivity contribution in [3.05, 3.63) is 0 Å². The van der Waals surface area contributed by atoms with Gasteiger partial charge in [0, 0.05) is 31.1 Å². The summed E-state index contributed by atoms with van der Waals surface area (Å²) < 4.78 is 0. The molecule has 7 nitrogen and oxygen atoms in total. The Labute approximate surface area is 196 Å². The standard InChI is InChI=1S/C26H39NO6/c1-14(4-7-22(31)27-13-23(32)33)17-5-6-18-24-19(12-21(30)26(17,18)3)25(2)9-8-16(28)10-15(25)11-20(24)29/h14-15,17-20,24,29H,4-13H2,1-3H3,(H,27,31)(H,32,33)/t14-,15?,17-,18+,19+,20-,24+,25+,26-/m1/s1. The maximum absolute atomic E-state index is 13.8. The molecule has 4 saturated carbocycles. The summed E-state index contributed by atoms with van der Waals surface area (Å²) in [5.41, 5.74) is -0.548. The third-order valence-corrected chi connectivity index (χ3v) is 10.4. The number of aliphatic hydroxyl groups is 1. The number of fused-ring (bicyclic) bond motifs is 5. The van der Waals surface area contributed by atoms with E-state index in [0.29, 0.717) is 37.9 Å². The minimum Gasteiger partial charge on any atom is -0.480 e. The van der Waals surface area contributed by atoms with E-state index in [-0.39, 0.29) is 65.6 Å². The van der Waals surface area contributed by atoms with Gasteiger partial charge in [-0.2, -0.15) is 0 Å². The van der Waals surface area contributed by atoms with Crippen LogP contribution in [-0.2, 0) is 19.2 Å². The zero-order chi connectivity index (χ0) is 24.1. The number of carboxylic acid groups (broad SMARTS) is 1. The van der Waals surface area contributed by atoms with Crippen molar-refractivity contribution in [3.8, 4) is 0 Å². The SMILES string of the molecule is C[C@H](CCC(=O)NCC(=O)O)[C@H]1CC[C@H]2[C@@H]3[C@H](O)CC4CC(=O)CC[C@]4(C)[C@H]3CC(=O)[C@]12C. The molecule has 0 aromatic carbocycles. The number of nitrogens with one attached hydrogen (secondary N) is 1. The zero-order valence-electron chi connectivity index (χ0n) is 20.1. The third kappa shape index (κ3) is 4.04. The van der Waals surface area contributed by atoms with Gasteiger partial charge in [0.25, 0.3) is 0 Å². The summed E-state index contributed by atoms with van der Waals surface area (Å²) in [6.07, 6.45) is 5.33. The first-order valence-corrected chi connectivity index (χ1v) is 12.7. The van der Waals surface area contributed by atoms with Crippen LogP contribution in [0.25, 0.3) is 0 Å². The highest BCUT2D eigenvalue weighted by Crippen LogP contribution is 2.67. The van der Waals surface area contributed by atoms with E-state index in [1.165, 1.54) is 0 Å². The highest BCUT2D eigenvalue weighted by Gasteiger charge is 2.65. The van der Waals surface area contributed by atoms with Gasteiger partial charge in [0.1, 0.15) is 18.1 Å². The van der Waals surface area contributed by atoms with Gasteiger partial charge in [0.2, 0.25) is 5.91 Å². The summed E-state index contributed by atoms with van der Waals surface area (Å²) in [6.45, 7) is 6.08. The molecule has 1 amide bonds. The largest absolute Gasteiger partial charge is 0.480 e. The van der Waals surface area contributed by atoms with Gasteiger partial charge in [0.15, 0.2) is 0 Å². The van der Waals surface area contributed by atoms with Crippen molar-refractivity contribution in [2.75, 3.05) is 6.54 Å². The molecule has 4 fully saturated rings. The fourth-order valence-corrected chi connectivity index (χ4v) is 8.50. The number of Topliss-reactive ketones (excluding diaryl/α,β-unsaturated/α-hetero) is 2. The molecule has 1 unspecified atom stereocenters. The third-order valence-electron chi connectivity index (χ3n) is 10.4.